The highest BCUT2D eigenvalue weighted by Crippen LogP contribution is 2.26. The molecule has 6 heteroatoms. The van der Waals surface area contributed by atoms with Gasteiger partial charge in [-0.3, -0.25) is 4.79 Å². The molecule has 0 heterocycles. The second-order valence-electron chi connectivity index (χ2n) is 4.43. The molecule has 0 unspecified atom stereocenters. The molecule has 0 atom stereocenters. The largest absolute Gasteiger partial charge is 0.300 e. The Morgan fingerprint density at radius 1 is 0.857 bits per heavy atom. The molecule has 1 nitrogen and oxygen atoms in total. The average Bonchev–Trinajstić information content (AvgIpc) is 2.41. The molecule has 1 aliphatic carbocycles. The number of hydrogen-bond donors (Lipinski definition) is 0. The van der Waals surface area contributed by atoms with E-state index in [2.05, 4.69) is 0 Å². The molecule has 1 aromatic rings. The van der Waals surface area contributed by atoms with Crippen molar-refractivity contribution in [3.8, 4) is 0 Å². The Morgan fingerprint density at radius 2 is 1.19 bits per heavy atom. The van der Waals surface area contributed by atoms with Crippen LogP contribution in [-0.4, -0.2) is 5.78 Å². The molecule has 1 saturated carbocycles. The summed E-state index contributed by atoms with van der Waals surface area (Å²) in [7, 11) is 0. The van der Waals surface area contributed by atoms with Gasteiger partial charge in [0.1, 0.15) is 5.78 Å². The van der Waals surface area contributed by atoms with Gasteiger partial charge in [0.25, 0.3) is 0 Å². The van der Waals surface area contributed by atoms with Gasteiger partial charge in [0, 0.05) is 11.5 Å². The van der Waals surface area contributed by atoms with Crippen molar-refractivity contribution >= 4 is 5.78 Å². The monoisotopic (exact) mass is 310 g/mol. The van der Waals surface area contributed by atoms with Crippen molar-refractivity contribution < 1.29 is 26.7 Å². The maximum Gasteiger partial charge on any atom is 0.200 e. The number of carbonyl (C=O) groups excluding carboxylic acids is 1. The zero-order valence-electron chi connectivity index (χ0n) is 12.5. The lowest BCUT2D eigenvalue weighted by Crippen LogP contribution is -2.18. The first kappa shape index (κ1) is 19.5. The first-order valence-electron chi connectivity index (χ1n) is 6.75. The smallest absolute Gasteiger partial charge is 0.200 e. The van der Waals surface area contributed by atoms with E-state index in [4.69, 9.17) is 0 Å². The minimum atomic E-state index is -2.13. The van der Waals surface area contributed by atoms with Crippen LogP contribution in [0.5, 0.6) is 0 Å². The topological polar surface area (TPSA) is 17.1 Å². The van der Waals surface area contributed by atoms with E-state index >= 15 is 0 Å². The summed E-state index contributed by atoms with van der Waals surface area (Å²) < 4.78 is 61.6. The molecular weight excluding hydrogens is 291 g/mol. The van der Waals surface area contributed by atoms with Gasteiger partial charge in [-0.2, -0.15) is 0 Å². The van der Waals surface area contributed by atoms with E-state index in [1.54, 1.807) is 6.92 Å². The molecule has 2 rings (SSSR count). The van der Waals surface area contributed by atoms with Crippen molar-refractivity contribution in [2.24, 2.45) is 5.92 Å². The summed E-state index contributed by atoms with van der Waals surface area (Å²) in [5, 5.41) is 0. The standard InChI is InChI=1S/C7H3F5.C6H10O.C2H6/c1-2-3(8)5(10)7(12)6(11)4(2)9;1-5(7)6-3-2-4-6;1-2/h1H3;6H,2-4H2,1H3;1-2H3. The van der Waals surface area contributed by atoms with Crippen LogP contribution in [0.3, 0.4) is 0 Å². The van der Waals surface area contributed by atoms with Crippen molar-refractivity contribution in [2.45, 2.75) is 47.0 Å². The second kappa shape index (κ2) is 8.74. The fourth-order valence-electron chi connectivity index (χ4n) is 1.53. The molecule has 0 radical (unpaired) electrons. The van der Waals surface area contributed by atoms with Crippen molar-refractivity contribution in [3.05, 3.63) is 34.6 Å². The summed E-state index contributed by atoms with van der Waals surface area (Å²) in [5.74, 6) is -8.70. The van der Waals surface area contributed by atoms with Crippen LogP contribution in [0.4, 0.5) is 22.0 Å². The van der Waals surface area contributed by atoms with Gasteiger partial charge in [0.15, 0.2) is 23.3 Å². The zero-order valence-corrected chi connectivity index (χ0v) is 12.5. The van der Waals surface area contributed by atoms with E-state index in [9.17, 15) is 26.7 Å². The molecule has 0 amide bonds. The van der Waals surface area contributed by atoms with Crippen LogP contribution in [0.1, 0.15) is 45.6 Å². The van der Waals surface area contributed by atoms with Gasteiger partial charge in [-0.1, -0.05) is 20.3 Å². The minimum absolute atomic E-state index is 0.381. The van der Waals surface area contributed by atoms with Crippen LogP contribution < -0.4 is 0 Å². The maximum atomic E-state index is 12.4. The number of ketones is 1. The third kappa shape index (κ3) is 4.79. The normalized spacial score (nSPS) is 13.4. The van der Waals surface area contributed by atoms with Crippen molar-refractivity contribution in [1.82, 2.24) is 0 Å². The quantitative estimate of drug-likeness (QED) is 0.401. The van der Waals surface area contributed by atoms with E-state index < -0.39 is 34.6 Å². The lowest BCUT2D eigenvalue weighted by Gasteiger charge is -2.21. The molecule has 120 valence electrons. The Balaban J connectivity index is 0.000000377. The molecule has 1 aromatic carbocycles. The van der Waals surface area contributed by atoms with Gasteiger partial charge < -0.3 is 0 Å². The third-order valence-electron chi connectivity index (χ3n) is 3.11. The lowest BCUT2D eigenvalue weighted by atomic mass is 9.83. The Kier molecular flexibility index (Phi) is 8.14. The molecule has 0 saturated heterocycles. The second-order valence-corrected chi connectivity index (χ2v) is 4.43. The van der Waals surface area contributed by atoms with Crippen LogP contribution >= 0.6 is 0 Å². The summed E-state index contributed by atoms with van der Waals surface area (Å²) in [4.78, 5) is 10.4. The predicted octanol–water partition coefficient (Wildman–Crippen LogP) is 5.09. The van der Waals surface area contributed by atoms with E-state index in [0.717, 1.165) is 19.8 Å². The average molecular weight is 310 g/mol. The Labute approximate surface area is 121 Å². The SMILES string of the molecule is CC.CC(=O)C1CCC1.Cc1c(F)c(F)c(F)c(F)c1F. The Bertz CT molecular complexity index is 390. The Morgan fingerprint density at radius 3 is 1.38 bits per heavy atom. The number of halogens is 5. The summed E-state index contributed by atoms with van der Waals surface area (Å²) in [6, 6.07) is 0. The van der Waals surface area contributed by atoms with Crippen LogP contribution in [-0.2, 0) is 4.79 Å². The number of benzene rings is 1. The highest BCUT2D eigenvalue weighted by Gasteiger charge is 2.22. The van der Waals surface area contributed by atoms with Gasteiger partial charge in [-0.15, -0.1) is 0 Å². The van der Waals surface area contributed by atoms with Crippen LogP contribution in [0.2, 0.25) is 0 Å². The first-order valence-corrected chi connectivity index (χ1v) is 6.75. The maximum absolute atomic E-state index is 12.4. The number of rotatable bonds is 1. The molecule has 0 N–H and O–H groups in total. The highest BCUT2D eigenvalue weighted by atomic mass is 19.2. The molecule has 0 aromatic heterocycles. The fraction of sp³-hybridized carbons (Fsp3) is 0.533. The van der Waals surface area contributed by atoms with Gasteiger partial charge in [0.2, 0.25) is 5.82 Å². The summed E-state index contributed by atoms with van der Waals surface area (Å²) in [6.45, 7) is 6.50. The zero-order chi connectivity index (χ0) is 16.7. The van der Waals surface area contributed by atoms with Crippen LogP contribution in [0, 0.1) is 41.9 Å². The molecule has 1 aliphatic rings. The third-order valence-corrected chi connectivity index (χ3v) is 3.11. The van der Waals surface area contributed by atoms with Crippen molar-refractivity contribution in [3.63, 3.8) is 0 Å². The van der Waals surface area contributed by atoms with E-state index in [1.165, 1.54) is 6.42 Å². The van der Waals surface area contributed by atoms with E-state index in [1.807, 2.05) is 13.8 Å². The van der Waals surface area contributed by atoms with Crippen LogP contribution in [0.25, 0.3) is 0 Å². The van der Waals surface area contributed by atoms with Crippen LogP contribution in [0.15, 0.2) is 0 Å². The first-order chi connectivity index (χ1) is 9.77. The molecule has 1 fully saturated rings. The molecule has 0 bridgehead atoms. The lowest BCUT2D eigenvalue weighted by molar-refractivity contribution is -0.122. The number of hydrogen-bond acceptors (Lipinski definition) is 1. The molecule has 21 heavy (non-hydrogen) atoms. The summed E-state index contributed by atoms with van der Waals surface area (Å²) in [5.41, 5.74) is -0.869. The van der Waals surface area contributed by atoms with Gasteiger partial charge in [-0.25, -0.2) is 22.0 Å². The number of carbonyl (C=O) groups is 1. The minimum Gasteiger partial charge on any atom is -0.300 e. The molecular formula is C15H19F5O. The highest BCUT2D eigenvalue weighted by molar-refractivity contribution is 5.78. The fourth-order valence-corrected chi connectivity index (χ4v) is 1.53. The molecule has 0 spiro atoms. The Hall–Kier alpha value is -1.46. The van der Waals surface area contributed by atoms with E-state index in [-0.39, 0.29) is 0 Å². The van der Waals surface area contributed by atoms with Gasteiger partial charge in [-0.05, 0) is 26.7 Å². The van der Waals surface area contributed by atoms with Gasteiger partial charge in [0.05, 0.1) is 0 Å². The molecule has 0 aliphatic heterocycles. The van der Waals surface area contributed by atoms with Crippen molar-refractivity contribution in [1.29, 1.82) is 0 Å². The summed E-state index contributed by atoms with van der Waals surface area (Å²) >= 11 is 0. The van der Waals surface area contributed by atoms with Gasteiger partial charge >= 0.3 is 0 Å². The predicted molar refractivity (Wildman–Crippen MR) is 70.3 cm³/mol. The summed E-state index contributed by atoms with van der Waals surface area (Å²) in [6.07, 6.45) is 3.56. The number of Topliss-reactive ketones (excluding diaryl/α,β-unsaturated/α-hetero) is 1. The van der Waals surface area contributed by atoms with Crippen molar-refractivity contribution in [2.75, 3.05) is 0 Å². The van der Waals surface area contributed by atoms with E-state index in [0.29, 0.717) is 11.7 Å².